The lowest BCUT2D eigenvalue weighted by Gasteiger charge is -2.28. The fourth-order valence-corrected chi connectivity index (χ4v) is 1.75. The molecule has 1 unspecified atom stereocenters. The molecule has 0 spiro atoms. The number of carbonyl (C=O) groups excluding carboxylic acids is 1. The molecule has 5 nitrogen and oxygen atoms in total. The van der Waals surface area contributed by atoms with E-state index in [0.717, 1.165) is 12.1 Å². The van der Waals surface area contributed by atoms with Crippen LogP contribution in [0.5, 0.6) is 0 Å². The fourth-order valence-electron chi connectivity index (χ4n) is 1.75. The van der Waals surface area contributed by atoms with E-state index in [0.29, 0.717) is 6.07 Å². The van der Waals surface area contributed by atoms with Crippen molar-refractivity contribution in [3.8, 4) is 0 Å². The average Bonchev–Trinajstić information content (AvgIpc) is 2.30. The largest absolute Gasteiger partial charge is 0.480 e. The Hall–Kier alpha value is -2.18. The molecule has 0 radical (unpaired) electrons. The number of rotatable bonds is 4. The average molecular weight is 315 g/mol. The Labute approximate surface area is 127 Å². The molecule has 0 aromatic heterocycles. The Kier molecular flexibility index (Phi) is 5.11. The van der Waals surface area contributed by atoms with E-state index < -0.39 is 34.8 Å². The summed E-state index contributed by atoms with van der Waals surface area (Å²) in [6.45, 7) is 6.11. The van der Waals surface area contributed by atoms with Gasteiger partial charge in [-0.1, -0.05) is 6.07 Å². The molecule has 1 atom stereocenters. The van der Waals surface area contributed by atoms with Gasteiger partial charge in [0.05, 0.1) is 0 Å². The van der Waals surface area contributed by atoms with Crippen molar-refractivity contribution < 1.29 is 28.2 Å². The van der Waals surface area contributed by atoms with Gasteiger partial charge in [0, 0.05) is 12.5 Å². The minimum Gasteiger partial charge on any atom is -0.480 e. The van der Waals surface area contributed by atoms with Crippen molar-refractivity contribution in [2.75, 3.05) is 0 Å². The van der Waals surface area contributed by atoms with Crippen LogP contribution in [0.2, 0.25) is 0 Å². The van der Waals surface area contributed by atoms with Crippen LogP contribution in [-0.4, -0.2) is 28.3 Å². The van der Waals surface area contributed by atoms with E-state index in [9.17, 15) is 23.5 Å². The van der Waals surface area contributed by atoms with Gasteiger partial charge < -0.3 is 15.2 Å². The maximum atomic E-state index is 13.7. The maximum Gasteiger partial charge on any atom is 0.408 e. The van der Waals surface area contributed by atoms with Crippen molar-refractivity contribution >= 4 is 12.1 Å². The van der Waals surface area contributed by atoms with E-state index in [4.69, 9.17) is 4.74 Å². The SMILES string of the molecule is CC(C)(C)OC(=O)NC(C)(Cc1ccc(F)cc1F)C(=O)O. The zero-order chi connectivity index (χ0) is 17.1. The van der Waals surface area contributed by atoms with E-state index in [1.165, 1.54) is 6.92 Å². The summed E-state index contributed by atoms with van der Waals surface area (Å²) >= 11 is 0. The molecule has 0 aliphatic rings. The standard InChI is InChI=1S/C15H19F2NO4/c1-14(2,3)22-13(21)18-15(4,12(19)20)8-9-5-6-10(16)7-11(9)17/h5-7H,8H2,1-4H3,(H,18,21)(H,19,20). The number of amides is 1. The molecule has 7 heteroatoms. The minimum absolute atomic E-state index is 0.0256. The van der Waals surface area contributed by atoms with Crippen molar-refractivity contribution in [1.82, 2.24) is 5.32 Å². The summed E-state index contributed by atoms with van der Waals surface area (Å²) in [6.07, 6.45) is -1.28. The maximum absolute atomic E-state index is 13.7. The number of carbonyl (C=O) groups is 2. The minimum atomic E-state index is -1.79. The van der Waals surface area contributed by atoms with Gasteiger partial charge in [-0.15, -0.1) is 0 Å². The monoisotopic (exact) mass is 315 g/mol. The van der Waals surface area contributed by atoms with Crippen LogP contribution in [0.4, 0.5) is 13.6 Å². The number of hydrogen-bond donors (Lipinski definition) is 2. The van der Waals surface area contributed by atoms with Crippen molar-refractivity contribution in [2.45, 2.75) is 45.3 Å². The molecule has 1 aromatic rings. The molecule has 0 saturated heterocycles. The lowest BCUT2D eigenvalue weighted by Crippen LogP contribution is -2.55. The number of hydrogen-bond acceptors (Lipinski definition) is 3. The summed E-state index contributed by atoms with van der Waals surface area (Å²) in [7, 11) is 0. The molecule has 0 saturated carbocycles. The van der Waals surface area contributed by atoms with Crippen LogP contribution in [-0.2, 0) is 16.0 Å². The molecule has 1 rings (SSSR count). The van der Waals surface area contributed by atoms with Gasteiger partial charge >= 0.3 is 12.1 Å². The van der Waals surface area contributed by atoms with Crippen LogP contribution >= 0.6 is 0 Å². The van der Waals surface area contributed by atoms with Gasteiger partial charge in [-0.3, -0.25) is 0 Å². The smallest absolute Gasteiger partial charge is 0.408 e. The van der Waals surface area contributed by atoms with E-state index in [1.807, 2.05) is 0 Å². The number of aliphatic carboxylic acids is 1. The summed E-state index contributed by atoms with van der Waals surface area (Å²) in [4.78, 5) is 23.2. The highest BCUT2D eigenvalue weighted by Crippen LogP contribution is 2.19. The topological polar surface area (TPSA) is 75.6 Å². The van der Waals surface area contributed by atoms with Gasteiger partial charge in [0.15, 0.2) is 0 Å². The number of alkyl carbamates (subject to hydrolysis) is 1. The molecule has 0 bridgehead atoms. The molecule has 2 N–H and O–H groups in total. The van der Waals surface area contributed by atoms with Gasteiger partial charge in [0.2, 0.25) is 0 Å². The molecule has 0 aliphatic carbocycles. The zero-order valence-corrected chi connectivity index (χ0v) is 12.9. The van der Waals surface area contributed by atoms with Crippen molar-refractivity contribution in [2.24, 2.45) is 0 Å². The first kappa shape index (κ1) is 17.9. The number of carboxylic acid groups (broad SMARTS) is 1. The Morgan fingerprint density at radius 3 is 2.27 bits per heavy atom. The Morgan fingerprint density at radius 1 is 1.23 bits per heavy atom. The highest BCUT2D eigenvalue weighted by molar-refractivity contribution is 5.84. The molecule has 0 fully saturated rings. The predicted octanol–water partition coefficient (Wildman–Crippen LogP) is 2.88. The lowest BCUT2D eigenvalue weighted by molar-refractivity contribution is -0.144. The molecule has 22 heavy (non-hydrogen) atoms. The van der Waals surface area contributed by atoms with Crippen LogP contribution in [0.1, 0.15) is 33.3 Å². The molecule has 0 aliphatic heterocycles. The molecule has 122 valence electrons. The predicted molar refractivity (Wildman–Crippen MR) is 75.5 cm³/mol. The molecule has 1 aromatic carbocycles. The van der Waals surface area contributed by atoms with Crippen molar-refractivity contribution in [3.63, 3.8) is 0 Å². The van der Waals surface area contributed by atoms with Gasteiger partial charge in [-0.05, 0) is 39.3 Å². The third-order valence-electron chi connectivity index (χ3n) is 2.81. The van der Waals surface area contributed by atoms with Gasteiger partial charge in [-0.25, -0.2) is 18.4 Å². The fraction of sp³-hybridized carbons (Fsp3) is 0.467. The second-order valence-electron chi connectivity index (χ2n) is 6.18. The number of carboxylic acids is 1. The first-order valence-electron chi connectivity index (χ1n) is 6.61. The summed E-state index contributed by atoms with van der Waals surface area (Å²) in [5, 5.41) is 11.5. The molecule has 1 amide bonds. The highest BCUT2D eigenvalue weighted by atomic mass is 19.1. The number of nitrogens with one attached hydrogen (secondary N) is 1. The lowest BCUT2D eigenvalue weighted by atomic mass is 9.92. The normalized spacial score (nSPS) is 14.1. The zero-order valence-electron chi connectivity index (χ0n) is 12.9. The van der Waals surface area contributed by atoms with Crippen molar-refractivity contribution in [1.29, 1.82) is 0 Å². The van der Waals surface area contributed by atoms with Gasteiger partial charge in [-0.2, -0.15) is 0 Å². The Bertz CT molecular complexity index is 583. The molecular formula is C15H19F2NO4. The van der Waals surface area contributed by atoms with Gasteiger partial charge in [0.25, 0.3) is 0 Å². The Balaban J connectivity index is 2.96. The second-order valence-corrected chi connectivity index (χ2v) is 6.18. The third-order valence-corrected chi connectivity index (χ3v) is 2.81. The van der Waals surface area contributed by atoms with Crippen LogP contribution < -0.4 is 5.32 Å². The molecular weight excluding hydrogens is 296 g/mol. The van der Waals surface area contributed by atoms with Crippen LogP contribution in [0.15, 0.2) is 18.2 Å². The molecule has 0 heterocycles. The van der Waals surface area contributed by atoms with Crippen LogP contribution in [0, 0.1) is 11.6 Å². The summed E-state index contributed by atoms with van der Waals surface area (Å²) in [5.41, 5.74) is -2.62. The van der Waals surface area contributed by atoms with E-state index in [-0.39, 0.29) is 12.0 Å². The van der Waals surface area contributed by atoms with Gasteiger partial charge in [0.1, 0.15) is 22.8 Å². The van der Waals surface area contributed by atoms with Crippen molar-refractivity contribution in [3.05, 3.63) is 35.4 Å². The quantitative estimate of drug-likeness (QED) is 0.896. The summed E-state index contributed by atoms with van der Waals surface area (Å²) < 4.78 is 31.6. The van der Waals surface area contributed by atoms with E-state index in [1.54, 1.807) is 20.8 Å². The summed E-state index contributed by atoms with van der Waals surface area (Å²) in [6, 6.07) is 2.82. The first-order valence-corrected chi connectivity index (χ1v) is 6.61. The summed E-state index contributed by atoms with van der Waals surface area (Å²) in [5.74, 6) is -3.00. The number of halogens is 2. The van der Waals surface area contributed by atoms with Crippen LogP contribution in [0.25, 0.3) is 0 Å². The highest BCUT2D eigenvalue weighted by Gasteiger charge is 2.37. The second kappa shape index (κ2) is 6.29. The Morgan fingerprint density at radius 2 is 1.82 bits per heavy atom. The first-order chi connectivity index (χ1) is 9.93. The van der Waals surface area contributed by atoms with E-state index >= 15 is 0 Å². The number of ether oxygens (including phenoxy) is 1. The third kappa shape index (κ3) is 4.98. The van der Waals surface area contributed by atoms with E-state index in [2.05, 4.69) is 5.32 Å². The number of benzene rings is 1. The van der Waals surface area contributed by atoms with Crippen LogP contribution in [0.3, 0.4) is 0 Å².